The summed E-state index contributed by atoms with van der Waals surface area (Å²) in [6.07, 6.45) is -1.29. The van der Waals surface area contributed by atoms with Gasteiger partial charge in [-0.1, -0.05) is 0 Å². The molecule has 1 aromatic rings. The van der Waals surface area contributed by atoms with Crippen LogP contribution in [0, 0.1) is 5.92 Å². The van der Waals surface area contributed by atoms with Crippen molar-refractivity contribution in [2.45, 2.75) is 19.0 Å². The summed E-state index contributed by atoms with van der Waals surface area (Å²) in [5, 5.41) is 0. The van der Waals surface area contributed by atoms with Crippen molar-refractivity contribution in [2.24, 2.45) is 5.92 Å². The van der Waals surface area contributed by atoms with E-state index >= 15 is 0 Å². The fourth-order valence-electron chi connectivity index (χ4n) is 2.08. The molecule has 1 saturated heterocycles. The van der Waals surface area contributed by atoms with Crippen molar-refractivity contribution in [3.63, 3.8) is 0 Å². The molecule has 2 rings (SSSR count). The molecule has 1 fully saturated rings. The number of nitrogens with zero attached hydrogens (tertiary/aromatic N) is 2. The van der Waals surface area contributed by atoms with Crippen LogP contribution in [0.2, 0.25) is 0 Å². The Morgan fingerprint density at radius 2 is 2.00 bits per heavy atom. The molecule has 1 aliphatic rings. The average Bonchev–Trinajstić information content (AvgIpc) is 2.38. The summed E-state index contributed by atoms with van der Waals surface area (Å²) in [7, 11) is 0. The van der Waals surface area contributed by atoms with Crippen LogP contribution in [-0.4, -0.2) is 24.0 Å². The molecular formula is C12H14ClF3N2. The summed E-state index contributed by atoms with van der Waals surface area (Å²) in [5.74, 6) is 1.48. The lowest BCUT2D eigenvalue weighted by Crippen LogP contribution is -2.34. The Kier molecular flexibility index (Phi) is 4.00. The summed E-state index contributed by atoms with van der Waals surface area (Å²) in [6, 6.07) is 2.11. The minimum Gasteiger partial charge on any atom is -0.357 e. The second kappa shape index (κ2) is 5.34. The van der Waals surface area contributed by atoms with Gasteiger partial charge in [-0.3, -0.25) is 0 Å². The van der Waals surface area contributed by atoms with Crippen molar-refractivity contribution < 1.29 is 13.2 Å². The lowest BCUT2D eigenvalue weighted by Gasteiger charge is -2.32. The highest BCUT2D eigenvalue weighted by Gasteiger charge is 2.31. The average molecular weight is 279 g/mol. The third kappa shape index (κ3) is 3.07. The summed E-state index contributed by atoms with van der Waals surface area (Å²) in [6.45, 7) is 1.43. The topological polar surface area (TPSA) is 16.1 Å². The third-order valence-corrected chi connectivity index (χ3v) is 3.67. The minimum atomic E-state index is -4.31. The Labute approximate surface area is 109 Å². The van der Waals surface area contributed by atoms with Gasteiger partial charge < -0.3 is 4.90 Å². The maximum Gasteiger partial charge on any atom is 0.416 e. The standard InChI is InChI=1S/C12H14ClF3N2/c13-8-9-2-5-18(6-3-9)11-7-10(1-4-17-11)12(14,15)16/h1,4,7,9H,2-3,5-6,8H2. The summed E-state index contributed by atoms with van der Waals surface area (Å²) in [4.78, 5) is 5.91. The molecule has 100 valence electrons. The molecule has 1 aliphatic heterocycles. The number of rotatable bonds is 2. The fraction of sp³-hybridized carbons (Fsp3) is 0.583. The first kappa shape index (κ1) is 13.5. The molecule has 0 N–H and O–H groups in total. The normalized spacial score (nSPS) is 18.1. The van der Waals surface area contributed by atoms with E-state index in [4.69, 9.17) is 11.6 Å². The van der Waals surface area contributed by atoms with Crippen LogP contribution in [0.5, 0.6) is 0 Å². The van der Waals surface area contributed by atoms with Crippen LogP contribution in [-0.2, 0) is 6.18 Å². The number of hydrogen-bond donors (Lipinski definition) is 0. The van der Waals surface area contributed by atoms with E-state index in [1.807, 2.05) is 4.90 Å². The van der Waals surface area contributed by atoms with E-state index in [1.54, 1.807) is 0 Å². The lowest BCUT2D eigenvalue weighted by atomic mass is 9.99. The van der Waals surface area contributed by atoms with E-state index in [-0.39, 0.29) is 0 Å². The first-order valence-electron chi connectivity index (χ1n) is 5.85. The van der Waals surface area contributed by atoms with Gasteiger partial charge in [-0.25, -0.2) is 4.98 Å². The summed E-state index contributed by atoms with van der Waals surface area (Å²) >= 11 is 5.78. The Balaban J connectivity index is 2.10. The highest BCUT2D eigenvalue weighted by Crippen LogP contribution is 2.31. The van der Waals surface area contributed by atoms with Crippen LogP contribution in [0.3, 0.4) is 0 Å². The molecule has 0 aromatic carbocycles. The number of hydrogen-bond acceptors (Lipinski definition) is 2. The third-order valence-electron chi connectivity index (χ3n) is 3.23. The number of alkyl halides is 4. The number of pyridine rings is 1. The Morgan fingerprint density at radius 3 is 2.56 bits per heavy atom. The molecule has 0 aliphatic carbocycles. The zero-order valence-electron chi connectivity index (χ0n) is 9.75. The van der Waals surface area contributed by atoms with Crippen LogP contribution in [0.25, 0.3) is 0 Å². The molecule has 0 saturated carbocycles. The number of piperidine rings is 1. The van der Waals surface area contributed by atoms with Crippen molar-refractivity contribution in [3.8, 4) is 0 Å². The second-order valence-corrected chi connectivity index (χ2v) is 4.79. The predicted octanol–water partition coefficient (Wildman–Crippen LogP) is 3.56. The van der Waals surface area contributed by atoms with Gasteiger partial charge in [-0.05, 0) is 30.9 Å². The monoisotopic (exact) mass is 278 g/mol. The van der Waals surface area contributed by atoms with Crippen LogP contribution in [0.15, 0.2) is 18.3 Å². The van der Waals surface area contributed by atoms with Crippen molar-refractivity contribution in [1.29, 1.82) is 0 Å². The van der Waals surface area contributed by atoms with Crippen LogP contribution in [0.1, 0.15) is 18.4 Å². The summed E-state index contributed by atoms with van der Waals surface area (Å²) < 4.78 is 37.8. The maximum absolute atomic E-state index is 12.6. The number of halogens is 4. The Morgan fingerprint density at radius 1 is 1.33 bits per heavy atom. The van der Waals surface area contributed by atoms with Crippen LogP contribution in [0.4, 0.5) is 19.0 Å². The van der Waals surface area contributed by atoms with Gasteiger partial charge in [-0.2, -0.15) is 13.2 Å². The first-order valence-corrected chi connectivity index (χ1v) is 6.38. The molecule has 0 unspecified atom stereocenters. The molecule has 18 heavy (non-hydrogen) atoms. The van der Waals surface area contributed by atoms with Crippen LogP contribution < -0.4 is 4.90 Å². The molecule has 1 aromatic heterocycles. The van der Waals surface area contributed by atoms with E-state index in [2.05, 4.69) is 4.98 Å². The summed E-state index contributed by atoms with van der Waals surface area (Å²) in [5.41, 5.74) is -0.646. The van der Waals surface area contributed by atoms with E-state index in [1.165, 1.54) is 6.20 Å². The van der Waals surface area contributed by atoms with E-state index in [0.29, 0.717) is 30.7 Å². The Bertz CT molecular complexity index is 401. The molecule has 0 atom stereocenters. The molecule has 0 spiro atoms. The van der Waals surface area contributed by atoms with Gasteiger partial charge in [0.1, 0.15) is 5.82 Å². The van der Waals surface area contributed by atoms with Crippen molar-refractivity contribution in [1.82, 2.24) is 4.98 Å². The van der Waals surface area contributed by atoms with Gasteiger partial charge >= 0.3 is 6.18 Å². The van der Waals surface area contributed by atoms with Gasteiger partial charge in [0.05, 0.1) is 5.56 Å². The highest BCUT2D eigenvalue weighted by atomic mass is 35.5. The molecule has 2 heterocycles. The molecular weight excluding hydrogens is 265 g/mol. The molecule has 0 bridgehead atoms. The van der Waals surface area contributed by atoms with E-state index in [9.17, 15) is 13.2 Å². The largest absolute Gasteiger partial charge is 0.416 e. The van der Waals surface area contributed by atoms with Crippen molar-refractivity contribution >= 4 is 17.4 Å². The van der Waals surface area contributed by atoms with Gasteiger partial charge in [0.2, 0.25) is 0 Å². The van der Waals surface area contributed by atoms with Gasteiger partial charge in [-0.15, -0.1) is 11.6 Å². The highest BCUT2D eigenvalue weighted by molar-refractivity contribution is 6.18. The number of anilines is 1. The first-order chi connectivity index (χ1) is 8.50. The fourth-order valence-corrected chi connectivity index (χ4v) is 2.39. The van der Waals surface area contributed by atoms with Crippen molar-refractivity contribution in [2.75, 3.05) is 23.9 Å². The second-order valence-electron chi connectivity index (χ2n) is 4.49. The quantitative estimate of drug-likeness (QED) is 0.769. The SMILES string of the molecule is FC(F)(F)c1ccnc(N2CCC(CCl)CC2)c1. The van der Waals surface area contributed by atoms with Gasteiger partial charge in [0.25, 0.3) is 0 Å². The molecule has 6 heteroatoms. The van der Waals surface area contributed by atoms with Gasteiger partial charge in [0.15, 0.2) is 0 Å². The van der Waals surface area contributed by atoms with Crippen molar-refractivity contribution in [3.05, 3.63) is 23.9 Å². The Hall–Kier alpha value is -0.970. The molecule has 0 radical (unpaired) electrons. The zero-order valence-corrected chi connectivity index (χ0v) is 10.5. The smallest absolute Gasteiger partial charge is 0.357 e. The number of aromatic nitrogens is 1. The maximum atomic E-state index is 12.6. The van der Waals surface area contributed by atoms with E-state index < -0.39 is 11.7 Å². The van der Waals surface area contributed by atoms with Gasteiger partial charge in [0, 0.05) is 25.2 Å². The molecule has 0 amide bonds. The van der Waals surface area contributed by atoms with E-state index in [0.717, 1.165) is 25.0 Å². The van der Waals surface area contributed by atoms with Crippen LogP contribution >= 0.6 is 11.6 Å². The lowest BCUT2D eigenvalue weighted by molar-refractivity contribution is -0.137. The zero-order chi connectivity index (χ0) is 13.2. The predicted molar refractivity (Wildman–Crippen MR) is 64.9 cm³/mol. The minimum absolute atomic E-state index is 0.401. The molecule has 2 nitrogen and oxygen atoms in total.